The topological polar surface area (TPSA) is 28.2 Å². The Hall–Kier alpha value is -0.640. The van der Waals surface area contributed by atoms with Crippen LogP contribution in [0.1, 0.15) is 24.1 Å². The quantitative estimate of drug-likeness (QED) is 0.909. The van der Waals surface area contributed by atoms with Crippen molar-refractivity contribution in [1.82, 2.24) is 15.2 Å². The van der Waals surface area contributed by atoms with Gasteiger partial charge in [0.2, 0.25) is 0 Å². The fourth-order valence-electron chi connectivity index (χ4n) is 2.49. The Bertz CT molecular complexity index is 331. The minimum Gasteiger partial charge on any atom is -0.319 e. The Morgan fingerprint density at radius 1 is 1.33 bits per heavy atom. The van der Waals surface area contributed by atoms with Crippen molar-refractivity contribution in [1.29, 1.82) is 0 Å². The molecule has 0 atom stereocenters. The second-order valence-corrected chi connectivity index (χ2v) is 5.09. The maximum absolute atomic E-state index is 4.35. The standard InChI is InChI=1S/C14H23N3.ClH/c1-12-3-4-14(10-16-12)11-17-7-5-13(6-8-17)9-15-2;/h3-4,10,13,15H,5-9,11H2,1-2H3;1H. The molecule has 0 bridgehead atoms. The van der Waals surface area contributed by atoms with Gasteiger partial charge in [0.1, 0.15) is 0 Å². The van der Waals surface area contributed by atoms with Gasteiger partial charge in [0, 0.05) is 18.4 Å². The summed E-state index contributed by atoms with van der Waals surface area (Å²) in [6.07, 6.45) is 4.65. The number of pyridine rings is 1. The van der Waals surface area contributed by atoms with Crippen molar-refractivity contribution in [3.8, 4) is 0 Å². The van der Waals surface area contributed by atoms with Crippen LogP contribution in [0.2, 0.25) is 0 Å². The second kappa shape index (κ2) is 7.72. The van der Waals surface area contributed by atoms with E-state index in [-0.39, 0.29) is 12.4 Å². The van der Waals surface area contributed by atoms with E-state index < -0.39 is 0 Å². The van der Waals surface area contributed by atoms with Gasteiger partial charge in [0.15, 0.2) is 0 Å². The number of nitrogens with zero attached hydrogens (tertiary/aromatic N) is 2. The lowest BCUT2D eigenvalue weighted by atomic mass is 9.96. The fourth-order valence-corrected chi connectivity index (χ4v) is 2.49. The monoisotopic (exact) mass is 269 g/mol. The second-order valence-electron chi connectivity index (χ2n) is 5.09. The van der Waals surface area contributed by atoms with E-state index in [0.29, 0.717) is 0 Å². The zero-order valence-electron chi connectivity index (χ0n) is 11.4. The predicted molar refractivity (Wildman–Crippen MR) is 78.1 cm³/mol. The lowest BCUT2D eigenvalue weighted by Gasteiger charge is -2.31. The molecule has 1 aromatic heterocycles. The van der Waals surface area contributed by atoms with Crippen molar-refractivity contribution in [2.24, 2.45) is 5.92 Å². The van der Waals surface area contributed by atoms with E-state index in [1.165, 1.54) is 38.0 Å². The Morgan fingerprint density at radius 3 is 2.61 bits per heavy atom. The van der Waals surface area contributed by atoms with Gasteiger partial charge in [-0.1, -0.05) is 6.07 Å². The Balaban J connectivity index is 0.00000162. The first-order valence-corrected chi connectivity index (χ1v) is 6.56. The lowest BCUT2D eigenvalue weighted by Crippen LogP contribution is -2.36. The van der Waals surface area contributed by atoms with Crippen molar-refractivity contribution >= 4 is 12.4 Å². The molecule has 1 aliphatic heterocycles. The van der Waals surface area contributed by atoms with Crippen LogP contribution in [-0.4, -0.2) is 36.6 Å². The molecule has 0 unspecified atom stereocenters. The van der Waals surface area contributed by atoms with Crippen molar-refractivity contribution in [3.05, 3.63) is 29.6 Å². The van der Waals surface area contributed by atoms with Gasteiger partial charge in [0.05, 0.1) is 0 Å². The van der Waals surface area contributed by atoms with Crippen molar-refractivity contribution in [3.63, 3.8) is 0 Å². The summed E-state index contributed by atoms with van der Waals surface area (Å²) in [7, 11) is 2.05. The fraction of sp³-hybridized carbons (Fsp3) is 0.643. The van der Waals surface area contributed by atoms with Gasteiger partial charge in [-0.05, 0) is 64.0 Å². The van der Waals surface area contributed by atoms with Gasteiger partial charge in [-0.2, -0.15) is 0 Å². The first kappa shape index (κ1) is 15.4. The first-order chi connectivity index (χ1) is 8.28. The third-order valence-corrected chi connectivity index (χ3v) is 3.58. The van der Waals surface area contributed by atoms with Gasteiger partial charge in [0.25, 0.3) is 0 Å². The van der Waals surface area contributed by atoms with Gasteiger partial charge in [-0.25, -0.2) is 0 Å². The molecule has 0 radical (unpaired) electrons. The zero-order valence-corrected chi connectivity index (χ0v) is 12.2. The maximum atomic E-state index is 4.35. The molecule has 4 heteroatoms. The van der Waals surface area contributed by atoms with Crippen LogP contribution in [0.15, 0.2) is 18.3 Å². The SMILES string of the molecule is CNCC1CCN(Cc2ccc(C)nc2)CC1.Cl. The molecule has 1 aliphatic rings. The molecule has 2 heterocycles. The summed E-state index contributed by atoms with van der Waals surface area (Å²) in [5, 5.41) is 3.28. The zero-order chi connectivity index (χ0) is 12.1. The highest BCUT2D eigenvalue weighted by Gasteiger charge is 2.18. The number of rotatable bonds is 4. The van der Waals surface area contributed by atoms with E-state index in [0.717, 1.165) is 18.2 Å². The van der Waals surface area contributed by atoms with E-state index >= 15 is 0 Å². The largest absolute Gasteiger partial charge is 0.319 e. The van der Waals surface area contributed by atoms with Crippen LogP contribution in [0.4, 0.5) is 0 Å². The highest BCUT2D eigenvalue weighted by Crippen LogP contribution is 2.18. The number of aromatic nitrogens is 1. The molecule has 3 nitrogen and oxygen atoms in total. The summed E-state index contributed by atoms with van der Waals surface area (Å²) >= 11 is 0. The van der Waals surface area contributed by atoms with Crippen LogP contribution in [0.5, 0.6) is 0 Å². The molecule has 18 heavy (non-hydrogen) atoms. The highest BCUT2D eigenvalue weighted by molar-refractivity contribution is 5.85. The molecule has 1 saturated heterocycles. The molecule has 1 aromatic rings. The maximum Gasteiger partial charge on any atom is 0.0372 e. The van der Waals surface area contributed by atoms with Gasteiger partial charge < -0.3 is 5.32 Å². The van der Waals surface area contributed by atoms with E-state index in [2.05, 4.69) is 27.3 Å². The molecule has 1 fully saturated rings. The third kappa shape index (κ3) is 4.56. The van der Waals surface area contributed by atoms with Crippen LogP contribution in [0.3, 0.4) is 0 Å². The summed E-state index contributed by atoms with van der Waals surface area (Å²) in [6.45, 7) is 6.70. The molecule has 1 N–H and O–H groups in total. The normalized spacial score (nSPS) is 17.4. The van der Waals surface area contributed by atoms with Crippen LogP contribution < -0.4 is 5.32 Å². The minimum absolute atomic E-state index is 0. The van der Waals surface area contributed by atoms with E-state index in [9.17, 15) is 0 Å². The summed E-state index contributed by atoms with van der Waals surface area (Å²) in [6, 6.07) is 4.30. The Morgan fingerprint density at radius 2 is 2.06 bits per heavy atom. The lowest BCUT2D eigenvalue weighted by molar-refractivity contribution is 0.176. The molecule has 0 aliphatic carbocycles. The molecule has 2 rings (SSSR count). The average Bonchev–Trinajstić information content (AvgIpc) is 2.35. The molecule has 0 amide bonds. The Kier molecular flexibility index (Phi) is 6.61. The van der Waals surface area contributed by atoms with Crippen LogP contribution in [0, 0.1) is 12.8 Å². The number of nitrogens with one attached hydrogen (secondary N) is 1. The third-order valence-electron chi connectivity index (χ3n) is 3.58. The van der Waals surface area contributed by atoms with Gasteiger partial charge >= 0.3 is 0 Å². The van der Waals surface area contributed by atoms with Gasteiger partial charge in [-0.3, -0.25) is 9.88 Å². The van der Waals surface area contributed by atoms with Crippen molar-refractivity contribution in [2.45, 2.75) is 26.3 Å². The number of piperidine rings is 1. The van der Waals surface area contributed by atoms with Crippen molar-refractivity contribution in [2.75, 3.05) is 26.7 Å². The predicted octanol–water partition coefficient (Wildman–Crippen LogP) is 2.24. The van der Waals surface area contributed by atoms with Gasteiger partial charge in [-0.15, -0.1) is 12.4 Å². The summed E-state index contributed by atoms with van der Waals surface area (Å²) in [4.78, 5) is 6.89. The van der Waals surface area contributed by atoms with Crippen molar-refractivity contribution < 1.29 is 0 Å². The van der Waals surface area contributed by atoms with Crippen LogP contribution in [-0.2, 0) is 6.54 Å². The molecular formula is C14H24ClN3. The minimum atomic E-state index is 0. The number of hydrogen-bond donors (Lipinski definition) is 1. The number of likely N-dealkylation sites (tertiary alicyclic amines) is 1. The average molecular weight is 270 g/mol. The van der Waals surface area contributed by atoms with E-state index in [1.807, 2.05) is 20.2 Å². The van der Waals surface area contributed by atoms with E-state index in [4.69, 9.17) is 0 Å². The summed E-state index contributed by atoms with van der Waals surface area (Å²) < 4.78 is 0. The molecule has 0 aromatic carbocycles. The summed E-state index contributed by atoms with van der Waals surface area (Å²) in [5.74, 6) is 0.868. The smallest absolute Gasteiger partial charge is 0.0372 e. The van der Waals surface area contributed by atoms with Crippen LogP contribution >= 0.6 is 12.4 Å². The molecule has 102 valence electrons. The first-order valence-electron chi connectivity index (χ1n) is 6.56. The number of aryl methyl sites for hydroxylation is 1. The highest BCUT2D eigenvalue weighted by atomic mass is 35.5. The summed E-state index contributed by atoms with van der Waals surface area (Å²) in [5.41, 5.74) is 2.43. The number of hydrogen-bond acceptors (Lipinski definition) is 3. The molecule has 0 spiro atoms. The Labute approximate surface area is 116 Å². The molecule has 0 saturated carbocycles. The molecular weight excluding hydrogens is 246 g/mol. The number of halogens is 1. The van der Waals surface area contributed by atoms with E-state index in [1.54, 1.807) is 0 Å². The van der Waals surface area contributed by atoms with Crippen LogP contribution in [0.25, 0.3) is 0 Å².